The molecule has 9 heteroatoms. The minimum atomic E-state index is -0.209. The number of benzene rings is 1. The lowest BCUT2D eigenvalue weighted by molar-refractivity contribution is -0.118. The highest BCUT2D eigenvalue weighted by Crippen LogP contribution is 2.23. The van der Waals surface area contributed by atoms with Gasteiger partial charge in [0.05, 0.1) is 0 Å². The van der Waals surface area contributed by atoms with E-state index in [0.29, 0.717) is 6.42 Å². The number of aromatic nitrogens is 2. The number of halogens is 1. The third-order valence-electron chi connectivity index (χ3n) is 6.69. The van der Waals surface area contributed by atoms with Crippen molar-refractivity contribution >= 4 is 23.2 Å². The fourth-order valence-corrected chi connectivity index (χ4v) is 4.82. The summed E-state index contributed by atoms with van der Waals surface area (Å²) in [5, 5.41) is 3.57. The lowest BCUT2D eigenvalue weighted by Crippen LogP contribution is -2.47. The van der Waals surface area contributed by atoms with Gasteiger partial charge in [-0.05, 0) is 50.4 Å². The maximum absolute atomic E-state index is 13.6. The molecule has 0 bridgehead atoms. The minimum absolute atomic E-state index is 0.198. The van der Waals surface area contributed by atoms with Crippen molar-refractivity contribution in [2.45, 2.75) is 44.6 Å². The van der Waals surface area contributed by atoms with E-state index in [1.54, 1.807) is 18.5 Å². The van der Waals surface area contributed by atoms with Gasteiger partial charge in [0.1, 0.15) is 23.8 Å². The molecule has 4 rings (SSSR count). The molecule has 2 aliphatic heterocycles. The molecule has 2 saturated heterocycles. The molecule has 0 spiro atoms. The van der Waals surface area contributed by atoms with E-state index in [0.717, 1.165) is 95.2 Å². The van der Waals surface area contributed by atoms with Gasteiger partial charge in [0.15, 0.2) is 0 Å². The van der Waals surface area contributed by atoms with Gasteiger partial charge in [-0.25, -0.2) is 14.4 Å². The number of carbonyl (C=O) groups excluding carboxylic acids is 1. The van der Waals surface area contributed by atoms with Gasteiger partial charge in [0.25, 0.3) is 0 Å². The second-order valence-electron chi connectivity index (χ2n) is 9.28. The largest absolute Gasteiger partial charge is 0.370 e. The average molecular weight is 470 g/mol. The molecule has 1 aromatic carbocycles. The van der Waals surface area contributed by atoms with Crippen molar-refractivity contribution in [3.63, 3.8) is 0 Å². The van der Waals surface area contributed by atoms with Crippen LogP contribution in [0.2, 0.25) is 0 Å². The van der Waals surface area contributed by atoms with Gasteiger partial charge < -0.3 is 20.9 Å². The summed E-state index contributed by atoms with van der Waals surface area (Å²) < 4.78 is 13.6. The Kier molecular flexibility index (Phi) is 8.51. The van der Waals surface area contributed by atoms with E-state index in [4.69, 9.17) is 5.73 Å². The van der Waals surface area contributed by atoms with Gasteiger partial charge in [0, 0.05) is 63.5 Å². The van der Waals surface area contributed by atoms with E-state index in [-0.39, 0.29) is 17.8 Å². The van der Waals surface area contributed by atoms with Crippen molar-refractivity contribution in [3.8, 4) is 0 Å². The summed E-state index contributed by atoms with van der Waals surface area (Å²) in [5.74, 6) is 1.39. The molecule has 1 atom stereocenters. The first kappa shape index (κ1) is 24.2. The van der Waals surface area contributed by atoms with Crippen molar-refractivity contribution in [1.82, 2.24) is 14.9 Å². The van der Waals surface area contributed by atoms with Crippen molar-refractivity contribution in [1.29, 1.82) is 0 Å². The second kappa shape index (κ2) is 12.0. The molecule has 184 valence electrons. The zero-order valence-corrected chi connectivity index (χ0v) is 19.8. The number of nitrogens with one attached hydrogen (secondary N) is 1. The molecule has 34 heavy (non-hydrogen) atoms. The third-order valence-corrected chi connectivity index (χ3v) is 6.69. The molecule has 0 saturated carbocycles. The number of rotatable bonds is 10. The quantitative estimate of drug-likeness (QED) is 0.517. The number of amides is 1. The summed E-state index contributed by atoms with van der Waals surface area (Å²) in [6.45, 7) is 6.71. The molecule has 1 amide bonds. The first-order valence-electron chi connectivity index (χ1n) is 12.4. The maximum Gasteiger partial charge on any atom is 0.217 e. The summed E-state index contributed by atoms with van der Waals surface area (Å²) >= 11 is 0. The molecule has 8 nitrogen and oxygen atoms in total. The highest BCUT2D eigenvalue weighted by molar-refractivity contribution is 5.73. The van der Waals surface area contributed by atoms with E-state index < -0.39 is 0 Å². The minimum Gasteiger partial charge on any atom is -0.370 e. The number of anilines is 3. The number of primary amides is 1. The standard InChI is InChI=1S/C25H36FN7O/c26-20-6-4-8-22(16-20)33-11-5-7-21(18-33)30-24-17-25(29-19-28-24)32-14-12-31(13-15-32)10-3-1-2-9-23(27)34/h4,6,8,16-17,19,21H,1-3,5,7,9-15,18H2,(H2,27,34)(H,28,29,30)/t21-/m1/s1. The number of nitrogens with zero attached hydrogens (tertiary/aromatic N) is 5. The highest BCUT2D eigenvalue weighted by Gasteiger charge is 2.22. The van der Waals surface area contributed by atoms with Gasteiger partial charge in [-0.2, -0.15) is 0 Å². The van der Waals surface area contributed by atoms with Crippen LogP contribution in [0.1, 0.15) is 38.5 Å². The van der Waals surface area contributed by atoms with E-state index in [2.05, 4.69) is 30.0 Å². The van der Waals surface area contributed by atoms with Crippen LogP contribution in [0, 0.1) is 5.82 Å². The SMILES string of the molecule is NC(=O)CCCCCN1CCN(c2cc(N[C@@H]3CCCN(c4cccc(F)c4)C3)ncn2)CC1. The Balaban J connectivity index is 1.24. The van der Waals surface area contributed by atoms with Crippen LogP contribution in [-0.4, -0.2) is 72.6 Å². The van der Waals surface area contributed by atoms with Crippen LogP contribution in [0.25, 0.3) is 0 Å². The zero-order valence-electron chi connectivity index (χ0n) is 19.8. The summed E-state index contributed by atoms with van der Waals surface area (Å²) in [7, 11) is 0. The smallest absolute Gasteiger partial charge is 0.217 e. The van der Waals surface area contributed by atoms with Gasteiger partial charge in [-0.3, -0.25) is 9.69 Å². The number of hydrogen-bond donors (Lipinski definition) is 2. The van der Waals surface area contributed by atoms with Crippen LogP contribution in [0.15, 0.2) is 36.7 Å². The molecule has 2 aliphatic rings. The molecule has 2 fully saturated rings. The number of piperazine rings is 1. The molecule has 2 aromatic rings. The fraction of sp³-hybridized carbons (Fsp3) is 0.560. The topological polar surface area (TPSA) is 90.6 Å². The van der Waals surface area contributed by atoms with Crippen LogP contribution in [0.5, 0.6) is 0 Å². The summed E-state index contributed by atoms with van der Waals surface area (Å²) in [5.41, 5.74) is 6.13. The van der Waals surface area contributed by atoms with Crippen molar-refractivity contribution in [3.05, 3.63) is 42.5 Å². The number of carbonyl (C=O) groups is 1. The average Bonchev–Trinajstić information content (AvgIpc) is 2.84. The monoisotopic (exact) mass is 469 g/mol. The van der Waals surface area contributed by atoms with Gasteiger partial charge in [-0.15, -0.1) is 0 Å². The first-order chi connectivity index (χ1) is 16.6. The summed E-state index contributed by atoms with van der Waals surface area (Å²) in [6, 6.07) is 9.12. The van der Waals surface area contributed by atoms with E-state index in [1.807, 2.05) is 12.1 Å². The number of nitrogens with two attached hydrogens (primary N) is 1. The molecular weight excluding hydrogens is 433 g/mol. The maximum atomic E-state index is 13.6. The predicted octanol–water partition coefficient (Wildman–Crippen LogP) is 2.86. The zero-order chi connectivity index (χ0) is 23.8. The third kappa shape index (κ3) is 7.03. The molecule has 0 radical (unpaired) electrons. The van der Waals surface area contributed by atoms with Crippen LogP contribution in [-0.2, 0) is 4.79 Å². The van der Waals surface area contributed by atoms with Gasteiger partial charge >= 0.3 is 0 Å². The molecule has 1 aromatic heterocycles. The van der Waals surface area contributed by atoms with Crippen molar-refractivity contribution in [2.24, 2.45) is 5.73 Å². The van der Waals surface area contributed by atoms with Crippen LogP contribution < -0.4 is 20.9 Å². The molecule has 0 aliphatic carbocycles. The Morgan fingerprint density at radius 3 is 2.71 bits per heavy atom. The Morgan fingerprint density at radius 2 is 1.91 bits per heavy atom. The normalized spacial score (nSPS) is 19.3. The van der Waals surface area contributed by atoms with Gasteiger partial charge in [0.2, 0.25) is 5.91 Å². The van der Waals surface area contributed by atoms with Crippen LogP contribution in [0.3, 0.4) is 0 Å². The number of hydrogen-bond acceptors (Lipinski definition) is 7. The first-order valence-corrected chi connectivity index (χ1v) is 12.4. The Bertz CT molecular complexity index is 935. The van der Waals surface area contributed by atoms with Crippen molar-refractivity contribution in [2.75, 3.05) is 60.9 Å². The Morgan fingerprint density at radius 1 is 1.06 bits per heavy atom. The number of unbranched alkanes of at least 4 members (excludes halogenated alkanes) is 2. The Labute approximate surface area is 201 Å². The molecular formula is C25H36FN7O. The van der Waals surface area contributed by atoms with Crippen LogP contribution >= 0.6 is 0 Å². The molecule has 0 unspecified atom stereocenters. The van der Waals surface area contributed by atoms with E-state index in [9.17, 15) is 9.18 Å². The molecule has 3 heterocycles. The van der Waals surface area contributed by atoms with E-state index in [1.165, 1.54) is 6.07 Å². The van der Waals surface area contributed by atoms with Crippen LogP contribution in [0.4, 0.5) is 21.7 Å². The fourth-order valence-electron chi connectivity index (χ4n) is 4.82. The lowest BCUT2D eigenvalue weighted by Gasteiger charge is -2.36. The highest BCUT2D eigenvalue weighted by atomic mass is 19.1. The second-order valence-corrected chi connectivity index (χ2v) is 9.28. The Hall–Kier alpha value is -2.94. The predicted molar refractivity (Wildman–Crippen MR) is 134 cm³/mol. The van der Waals surface area contributed by atoms with Crippen molar-refractivity contribution < 1.29 is 9.18 Å². The summed E-state index contributed by atoms with van der Waals surface area (Å²) in [4.78, 5) is 26.8. The van der Waals surface area contributed by atoms with E-state index >= 15 is 0 Å². The summed E-state index contributed by atoms with van der Waals surface area (Å²) in [6.07, 6.45) is 7.26. The molecule has 3 N–H and O–H groups in total. The van der Waals surface area contributed by atoms with Gasteiger partial charge in [-0.1, -0.05) is 12.5 Å². The number of piperidine rings is 1. The lowest BCUT2D eigenvalue weighted by atomic mass is 10.0.